The Morgan fingerprint density at radius 2 is 1.68 bits per heavy atom. The molecule has 0 saturated carbocycles. The average molecular weight is 566 g/mol. The molecule has 7 nitrogen and oxygen atoms in total. The third kappa shape index (κ3) is 5.92. The third-order valence-electron chi connectivity index (χ3n) is 7.76. The van der Waals surface area contributed by atoms with Gasteiger partial charge in [-0.1, -0.05) is 60.1 Å². The van der Waals surface area contributed by atoms with Gasteiger partial charge >= 0.3 is 0 Å². The van der Waals surface area contributed by atoms with E-state index < -0.39 is 0 Å². The number of nitrogens with zero attached hydrogens (tertiary/aromatic N) is 4. The number of para-hydroxylation sites is 1. The van der Waals surface area contributed by atoms with Crippen molar-refractivity contribution in [1.82, 2.24) is 20.0 Å². The molecule has 208 valence electrons. The second kappa shape index (κ2) is 11.6. The highest BCUT2D eigenvalue weighted by Gasteiger charge is 2.40. The van der Waals surface area contributed by atoms with Crippen molar-refractivity contribution in [2.45, 2.75) is 19.0 Å². The molecule has 1 fully saturated rings. The first-order chi connectivity index (χ1) is 20.0. The van der Waals surface area contributed by atoms with Crippen LogP contribution in [0.4, 0.5) is 5.69 Å². The fourth-order valence-electron chi connectivity index (χ4n) is 5.45. The van der Waals surface area contributed by atoms with Gasteiger partial charge in [0.25, 0.3) is 0 Å². The summed E-state index contributed by atoms with van der Waals surface area (Å²) in [7, 11) is 0. The third-order valence-corrected chi connectivity index (χ3v) is 8.02. The maximum atomic E-state index is 13.2. The minimum Gasteiger partial charge on any atom is -0.462 e. The van der Waals surface area contributed by atoms with Gasteiger partial charge < -0.3 is 14.6 Å². The summed E-state index contributed by atoms with van der Waals surface area (Å²) < 4.78 is 7.60. The van der Waals surface area contributed by atoms with Crippen LogP contribution < -0.4 is 10.2 Å². The fraction of sp³-hybridized carbons (Fsp3) is 0.212. The predicted octanol–water partition coefficient (Wildman–Crippen LogP) is 6.14. The van der Waals surface area contributed by atoms with Gasteiger partial charge in [-0.15, -0.1) is 0 Å². The Morgan fingerprint density at radius 3 is 2.44 bits per heavy atom. The second-order valence-corrected chi connectivity index (χ2v) is 11.0. The topological polar surface area (TPSA) is 66.5 Å². The molecule has 41 heavy (non-hydrogen) atoms. The number of rotatable bonds is 8. The number of anilines is 1. The van der Waals surface area contributed by atoms with E-state index in [9.17, 15) is 4.79 Å². The number of halogens is 1. The maximum Gasteiger partial charge on any atom is 0.234 e. The molecule has 1 aliphatic rings. The summed E-state index contributed by atoms with van der Waals surface area (Å²) in [6.07, 6.45) is 3.58. The quantitative estimate of drug-likeness (QED) is 0.245. The lowest BCUT2D eigenvalue weighted by Gasteiger charge is -2.50. The van der Waals surface area contributed by atoms with E-state index in [0.717, 1.165) is 47.3 Å². The smallest absolute Gasteiger partial charge is 0.234 e. The zero-order valence-corrected chi connectivity index (χ0v) is 23.7. The Hall–Kier alpha value is -4.33. The molecule has 0 radical (unpaired) electrons. The summed E-state index contributed by atoms with van der Waals surface area (Å²) >= 11 is 6.13. The summed E-state index contributed by atoms with van der Waals surface area (Å²) in [6, 6.07) is 32.2. The Bertz CT molecular complexity index is 1600. The van der Waals surface area contributed by atoms with Crippen molar-refractivity contribution >= 4 is 23.2 Å². The van der Waals surface area contributed by atoms with Gasteiger partial charge in [0.15, 0.2) is 5.76 Å². The SMILES string of the molecule is CC1(c2ccccc2)CN(c2ccc(Cl)cc2)CCN1CC(=O)NCc1coc(-c2ccn(-c3ccccc3)n2)c1. The molecule has 3 heterocycles. The number of aromatic nitrogens is 2. The van der Waals surface area contributed by atoms with E-state index in [-0.39, 0.29) is 11.4 Å². The number of carbonyl (C=O) groups excluding carboxylic acids is 1. The largest absolute Gasteiger partial charge is 0.462 e. The van der Waals surface area contributed by atoms with E-state index in [1.807, 2.05) is 71.5 Å². The normalized spacial score (nSPS) is 17.5. The van der Waals surface area contributed by atoms with E-state index in [2.05, 4.69) is 63.5 Å². The van der Waals surface area contributed by atoms with Crippen LogP contribution in [0.15, 0.2) is 114 Å². The van der Waals surface area contributed by atoms with E-state index in [0.29, 0.717) is 18.8 Å². The van der Waals surface area contributed by atoms with Crippen LogP contribution in [-0.4, -0.2) is 46.8 Å². The first kappa shape index (κ1) is 26.9. The van der Waals surface area contributed by atoms with E-state index >= 15 is 0 Å². The van der Waals surface area contributed by atoms with Gasteiger partial charge in [-0.2, -0.15) is 5.10 Å². The van der Waals surface area contributed by atoms with Crippen molar-refractivity contribution in [3.05, 3.63) is 126 Å². The van der Waals surface area contributed by atoms with Crippen molar-refractivity contribution < 1.29 is 9.21 Å². The van der Waals surface area contributed by atoms with Crippen LogP contribution in [0.25, 0.3) is 17.1 Å². The highest BCUT2D eigenvalue weighted by molar-refractivity contribution is 6.30. The maximum absolute atomic E-state index is 13.2. The molecular weight excluding hydrogens is 534 g/mol. The average Bonchev–Trinajstić information content (AvgIpc) is 3.69. The van der Waals surface area contributed by atoms with Gasteiger partial charge in [-0.05, 0) is 61.0 Å². The molecule has 1 N–H and O–H groups in total. The standard InChI is InChI=1S/C33H32ClN5O2/c1-33(26-8-4-2-5-9-26)24-37(28-14-12-27(34)13-15-28)18-19-38(33)22-32(40)35-21-25-20-31(41-23-25)30-16-17-39(36-30)29-10-6-3-7-11-29/h2-17,20,23H,18-19,21-22,24H2,1H3,(H,35,40). The fourth-order valence-corrected chi connectivity index (χ4v) is 5.57. The van der Waals surface area contributed by atoms with Gasteiger partial charge in [-0.25, -0.2) is 4.68 Å². The van der Waals surface area contributed by atoms with Gasteiger partial charge in [0.1, 0.15) is 5.69 Å². The Balaban J connectivity index is 1.11. The van der Waals surface area contributed by atoms with Crippen molar-refractivity contribution in [2.75, 3.05) is 31.1 Å². The first-order valence-corrected chi connectivity index (χ1v) is 14.1. The Kier molecular flexibility index (Phi) is 7.63. The minimum absolute atomic E-state index is 0.0248. The lowest BCUT2D eigenvalue weighted by molar-refractivity contribution is -0.124. The van der Waals surface area contributed by atoms with Crippen LogP contribution in [-0.2, 0) is 16.9 Å². The van der Waals surface area contributed by atoms with Crippen molar-refractivity contribution in [3.8, 4) is 17.1 Å². The molecule has 1 aliphatic heterocycles. The summed E-state index contributed by atoms with van der Waals surface area (Å²) in [5, 5.41) is 8.44. The molecular formula is C33H32ClN5O2. The molecule has 1 unspecified atom stereocenters. The van der Waals surface area contributed by atoms with E-state index in [1.165, 1.54) is 5.56 Å². The number of furan rings is 1. The molecule has 3 aromatic carbocycles. The number of benzene rings is 3. The Labute approximate surface area is 245 Å². The van der Waals surface area contributed by atoms with Crippen LogP contribution >= 0.6 is 11.6 Å². The first-order valence-electron chi connectivity index (χ1n) is 13.7. The lowest BCUT2D eigenvalue weighted by atomic mass is 9.87. The number of amides is 1. The number of hydrogen-bond acceptors (Lipinski definition) is 5. The minimum atomic E-state index is -0.350. The molecule has 8 heteroatoms. The summed E-state index contributed by atoms with van der Waals surface area (Å²) in [4.78, 5) is 17.8. The molecule has 0 bridgehead atoms. The molecule has 0 spiro atoms. The number of piperazine rings is 1. The lowest BCUT2D eigenvalue weighted by Crippen LogP contribution is -2.60. The zero-order chi connectivity index (χ0) is 28.2. The van der Waals surface area contributed by atoms with Crippen LogP contribution in [0, 0.1) is 0 Å². The van der Waals surface area contributed by atoms with E-state index in [1.54, 1.807) is 6.26 Å². The van der Waals surface area contributed by atoms with Gasteiger partial charge in [0.2, 0.25) is 5.91 Å². The van der Waals surface area contributed by atoms with Gasteiger partial charge in [-0.3, -0.25) is 9.69 Å². The number of carbonyl (C=O) groups is 1. The molecule has 1 saturated heterocycles. The molecule has 1 atom stereocenters. The Morgan fingerprint density at radius 1 is 0.951 bits per heavy atom. The van der Waals surface area contributed by atoms with Crippen LogP contribution in [0.1, 0.15) is 18.1 Å². The highest BCUT2D eigenvalue weighted by Crippen LogP contribution is 2.34. The van der Waals surface area contributed by atoms with E-state index in [4.69, 9.17) is 16.0 Å². The zero-order valence-electron chi connectivity index (χ0n) is 22.9. The van der Waals surface area contributed by atoms with Crippen LogP contribution in [0.5, 0.6) is 0 Å². The summed E-state index contributed by atoms with van der Waals surface area (Å²) in [5.74, 6) is 0.641. The molecule has 5 aromatic rings. The summed E-state index contributed by atoms with van der Waals surface area (Å²) in [5.41, 5.74) is 4.57. The molecule has 6 rings (SSSR count). The monoisotopic (exact) mass is 565 g/mol. The van der Waals surface area contributed by atoms with Crippen LogP contribution in [0.2, 0.25) is 5.02 Å². The second-order valence-electron chi connectivity index (χ2n) is 10.5. The molecule has 2 aromatic heterocycles. The van der Waals surface area contributed by atoms with Gasteiger partial charge in [0.05, 0.1) is 24.0 Å². The predicted molar refractivity (Wildman–Crippen MR) is 162 cm³/mol. The molecule has 1 amide bonds. The highest BCUT2D eigenvalue weighted by atomic mass is 35.5. The summed E-state index contributed by atoms with van der Waals surface area (Å²) in [6.45, 7) is 5.22. The van der Waals surface area contributed by atoms with Gasteiger partial charge in [0, 0.05) is 48.6 Å². The van der Waals surface area contributed by atoms with Crippen LogP contribution in [0.3, 0.4) is 0 Å². The molecule has 0 aliphatic carbocycles. The number of hydrogen-bond donors (Lipinski definition) is 1. The van der Waals surface area contributed by atoms with Crippen molar-refractivity contribution in [3.63, 3.8) is 0 Å². The van der Waals surface area contributed by atoms with Crippen molar-refractivity contribution in [2.24, 2.45) is 0 Å². The van der Waals surface area contributed by atoms with Crippen molar-refractivity contribution in [1.29, 1.82) is 0 Å². The number of nitrogens with one attached hydrogen (secondary N) is 1.